The van der Waals surface area contributed by atoms with Gasteiger partial charge in [0, 0.05) is 37.1 Å². The van der Waals surface area contributed by atoms with E-state index in [1.54, 1.807) is 0 Å². The quantitative estimate of drug-likeness (QED) is 0.807. The SMILES string of the molecule is Cc1nccn1C1CCCN(Cc2cccc3[nH]c(=O)oc23)C1. The Kier molecular flexibility index (Phi) is 3.53. The van der Waals surface area contributed by atoms with Crippen LogP contribution in [-0.2, 0) is 6.54 Å². The molecule has 0 spiro atoms. The third kappa shape index (κ3) is 2.70. The molecule has 1 saturated heterocycles. The zero-order valence-corrected chi connectivity index (χ0v) is 13.2. The summed E-state index contributed by atoms with van der Waals surface area (Å²) in [7, 11) is 0. The van der Waals surface area contributed by atoms with E-state index in [-0.39, 0.29) is 0 Å². The molecule has 23 heavy (non-hydrogen) atoms. The molecule has 1 aliphatic heterocycles. The maximum Gasteiger partial charge on any atom is 0.417 e. The van der Waals surface area contributed by atoms with E-state index < -0.39 is 5.76 Å². The van der Waals surface area contributed by atoms with Crippen LogP contribution >= 0.6 is 0 Å². The van der Waals surface area contributed by atoms with Crippen LogP contribution in [0.1, 0.15) is 30.3 Å². The average molecular weight is 312 g/mol. The lowest BCUT2D eigenvalue weighted by Gasteiger charge is -2.33. The van der Waals surface area contributed by atoms with Crippen molar-refractivity contribution >= 4 is 11.1 Å². The van der Waals surface area contributed by atoms with E-state index in [1.807, 2.05) is 31.3 Å². The van der Waals surface area contributed by atoms with E-state index in [9.17, 15) is 4.79 Å². The first-order chi connectivity index (χ1) is 11.2. The Morgan fingerprint density at radius 3 is 3.17 bits per heavy atom. The standard InChI is InChI=1S/C17H20N4O2/c1-12-18-7-9-21(12)14-5-3-8-20(11-14)10-13-4-2-6-15-16(13)23-17(22)19-15/h2,4,6-7,9,14H,3,5,8,10-11H2,1H3,(H,19,22). The topological polar surface area (TPSA) is 67.1 Å². The van der Waals surface area contributed by atoms with Gasteiger partial charge in [0.1, 0.15) is 5.82 Å². The fourth-order valence-corrected chi connectivity index (χ4v) is 3.57. The number of aromatic amines is 1. The first-order valence-electron chi connectivity index (χ1n) is 8.03. The number of rotatable bonds is 3. The summed E-state index contributed by atoms with van der Waals surface area (Å²) in [5, 5.41) is 0. The second-order valence-corrected chi connectivity index (χ2v) is 6.22. The molecule has 0 aliphatic carbocycles. The Morgan fingerprint density at radius 2 is 2.35 bits per heavy atom. The average Bonchev–Trinajstić information content (AvgIpc) is 3.13. The van der Waals surface area contributed by atoms with Crippen LogP contribution in [0.2, 0.25) is 0 Å². The molecule has 1 aromatic carbocycles. The molecule has 4 rings (SSSR count). The number of imidazole rings is 1. The molecule has 2 aromatic heterocycles. The largest absolute Gasteiger partial charge is 0.417 e. The maximum absolute atomic E-state index is 11.4. The number of hydrogen-bond acceptors (Lipinski definition) is 4. The molecule has 0 radical (unpaired) electrons. The van der Waals surface area contributed by atoms with Gasteiger partial charge in [-0.3, -0.25) is 9.88 Å². The van der Waals surface area contributed by atoms with E-state index in [2.05, 4.69) is 25.6 Å². The summed E-state index contributed by atoms with van der Waals surface area (Å²) >= 11 is 0. The van der Waals surface area contributed by atoms with Crippen molar-refractivity contribution in [1.82, 2.24) is 19.4 Å². The van der Waals surface area contributed by atoms with Crippen LogP contribution in [0.3, 0.4) is 0 Å². The monoisotopic (exact) mass is 312 g/mol. The van der Waals surface area contributed by atoms with Crippen LogP contribution in [0.25, 0.3) is 11.1 Å². The van der Waals surface area contributed by atoms with Crippen molar-refractivity contribution in [2.45, 2.75) is 32.4 Å². The summed E-state index contributed by atoms with van der Waals surface area (Å²) < 4.78 is 7.57. The van der Waals surface area contributed by atoms with Gasteiger partial charge < -0.3 is 8.98 Å². The minimum atomic E-state index is -0.391. The molecule has 3 aromatic rings. The van der Waals surface area contributed by atoms with Crippen LogP contribution in [-0.4, -0.2) is 32.5 Å². The van der Waals surface area contributed by atoms with E-state index >= 15 is 0 Å². The summed E-state index contributed by atoms with van der Waals surface area (Å²) in [6.45, 7) is 4.90. The van der Waals surface area contributed by atoms with Gasteiger partial charge in [0.15, 0.2) is 5.58 Å². The molecular formula is C17H20N4O2. The number of aryl methyl sites for hydroxylation is 1. The summed E-state index contributed by atoms with van der Waals surface area (Å²) in [5.41, 5.74) is 2.51. The van der Waals surface area contributed by atoms with Crippen molar-refractivity contribution in [3.8, 4) is 0 Å². The molecule has 1 N–H and O–H groups in total. The van der Waals surface area contributed by atoms with Crippen molar-refractivity contribution in [2.75, 3.05) is 13.1 Å². The summed E-state index contributed by atoms with van der Waals surface area (Å²) in [6, 6.07) is 6.33. The third-order valence-electron chi connectivity index (χ3n) is 4.66. The molecule has 1 unspecified atom stereocenters. The number of nitrogens with zero attached hydrogens (tertiary/aromatic N) is 3. The van der Waals surface area contributed by atoms with Crippen molar-refractivity contribution in [2.24, 2.45) is 0 Å². The number of likely N-dealkylation sites (tertiary alicyclic amines) is 1. The maximum atomic E-state index is 11.4. The van der Waals surface area contributed by atoms with Crippen LogP contribution in [0, 0.1) is 6.92 Å². The number of piperidine rings is 1. The molecule has 1 aliphatic rings. The predicted octanol–water partition coefficient (Wildman–Crippen LogP) is 2.46. The zero-order valence-electron chi connectivity index (χ0n) is 13.2. The molecular weight excluding hydrogens is 292 g/mol. The van der Waals surface area contributed by atoms with E-state index in [0.717, 1.165) is 43.0 Å². The highest BCUT2D eigenvalue weighted by molar-refractivity contribution is 5.75. The van der Waals surface area contributed by atoms with Gasteiger partial charge in [-0.1, -0.05) is 12.1 Å². The van der Waals surface area contributed by atoms with E-state index in [4.69, 9.17) is 4.42 Å². The first-order valence-corrected chi connectivity index (χ1v) is 8.03. The Bertz CT molecular complexity index is 876. The van der Waals surface area contributed by atoms with Crippen molar-refractivity contribution in [3.05, 3.63) is 52.5 Å². The van der Waals surface area contributed by atoms with Gasteiger partial charge in [-0.25, -0.2) is 9.78 Å². The van der Waals surface area contributed by atoms with Gasteiger partial charge in [0.2, 0.25) is 0 Å². The van der Waals surface area contributed by atoms with Crippen LogP contribution < -0.4 is 5.76 Å². The molecule has 1 atom stereocenters. The summed E-state index contributed by atoms with van der Waals surface area (Å²) in [6.07, 6.45) is 6.27. The number of para-hydroxylation sites is 1. The lowest BCUT2D eigenvalue weighted by molar-refractivity contribution is 0.169. The second kappa shape index (κ2) is 5.70. The molecule has 3 heterocycles. The molecule has 1 fully saturated rings. The molecule has 0 saturated carbocycles. The Morgan fingerprint density at radius 1 is 1.43 bits per heavy atom. The fraction of sp³-hybridized carbons (Fsp3) is 0.412. The molecule has 120 valence electrons. The molecule has 6 heteroatoms. The Hall–Kier alpha value is -2.34. The minimum absolute atomic E-state index is 0.391. The van der Waals surface area contributed by atoms with Crippen LogP contribution in [0.5, 0.6) is 0 Å². The number of oxazole rings is 1. The van der Waals surface area contributed by atoms with Gasteiger partial charge in [-0.05, 0) is 32.4 Å². The van der Waals surface area contributed by atoms with Gasteiger partial charge in [0.25, 0.3) is 0 Å². The molecule has 0 amide bonds. The molecule has 0 bridgehead atoms. The fourth-order valence-electron chi connectivity index (χ4n) is 3.57. The number of fused-ring (bicyclic) bond motifs is 1. The number of hydrogen-bond donors (Lipinski definition) is 1. The Balaban J connectivity index is 1.56. The lowest BCUT2D eigenvalue weighted by Crippen LogP contribution is -2.36. The Labute approximate surface area is 133 Å². The van der Waals surface area contributed by atoms with E-state index in [0.29, 0.717) is 11.6 Å². The number of H-pyrrole nitrogens is 1. The summed E-state index contributed by atoms with van der Waals surface area (Å²) in [5.74, 6) is 0.675. The minimum Gasteiger partial charge on any atom is -0.408 e. The van der Waals surface area contributed by atoms with Gasteiger partial charge in [-0.2, -0.15) is 0 Å². The lowest BCUT2D eigenvalue weighted by atomic mass is 10.0. The van der Waals surface area contributed by atoms with Crippen molar-refractivity contribution in [1.29, 1.82) is 0 Å². The smallest absolute Gasteiger partial charge is 0.408 e. The van der Waals surface area contributed by atoms with Crippen molar-refractivity contribution < 1.29 is 4.42 Å². The second-order valence-electron chi connectivity index (χ2n) is 6.22. The number of nitrogens with one attached hydrogen (secondary N) is 1. The normalized spacial score (nSPS) is 19.4. The number of aromatic nitrogens is 3. The van der Waals surface area contributed by atoms with Crippen LogP contribution in [0.15, 0.2) is 39.8 Å². The highest BCUT2D eigenvalue weighted by Crippen LogP contribution is 2.25. The highest BCUT2D eigenvalue weighted by Gasteiger charge is 2.23. The first kappa shape index (κ1) is 14.3. The highest BCUT2D eigenvalue weighted by atomic mass is 16.4. The van der Waals surface area contributed by atoms with Crippen LogP contribution in [0.4, 0.5) is 0 Å². The van der Waals surface area contributed by atoms with Gasteiger partial charge in [0.05, 0.1) is 5.52 Å². The molecule has 6 nitrogen and oxygen atoms in total. The van der Waals surface area contributed by atoms with E-state index in [1.165, 1.54) is 6.42 Å². The zero-order chi connectivity index (χ0) is 15.8. The van der Waals surface area contributed by atoms with Gasteiger partial charge >= 0.3 is 5.76 Å². The third-order valence-corrected chi connectivity index (χ3v) is 4.66. The summed E-state index contributed by atoms with van der Waals surface area (Å²) in [4.78, 5) is 20.9. The number of benzene rings is 1. The van der Waals surface area contributed by atoms with Crippen molar-refractivity contribution in [3.63, 3.8) is 0 Å². The predicted molar refractivity (Wildman–Crippen MR) is 87.3 cm³/mol. The van der Waals surface area contributed by atoms with Gasteiger partial charge in [-0.15, -0.1) is 0 Å².